The summed E-state index contributed by atoms with van der Waals surface area (Å²) in [6.45, 7) is 1.57. The molecule has 0 amide bonds. The highest BCUT2D eigenvalue weighted by Crippen LogP contribution is 2.43. The van der Waals surface area contributed by atoms with Crippen LogP contribution in [0.5, 0.6) is 0 Å². The zero-order valence-electron chi connectivity index (χ0n) is 9.48. The van der Waals surface area contributed by atoms with E-state index < -0.39 is 10.2 Å². The molecule has 0 aromatic heterocycles. The van der Waals surface area contributed by atoms with E-state index in [0.29, 0.717) is 32.2 Å². The maximum absolute atomic E-state index is 11.7. The number of nitrogens with zero attached hydrogens (tertiary/aromatic N) is 1. The summed E-state index contributed by atoms with van der Waals surface area (Å²) in [5, 5.41) is 0. The van der Waals surface area contributed by atoms with E-state index in [2.05, 4.69) is 4.72 Å². The van der Waals surface area contributed by atoms with Crippen molar-refractivity contribution in [3.05, 3.63) is 0 Å². The van der Waals surface area contributed by atoms with Crippen molar-refractivity contribution in [2.24, 2.45) is 11.7 Å². The van der Waals surface area contributed by atoms with Gasteiger partial charge in [-0.25, -0.2) is 0 Å². The molecule has 2 aliphatic rings. The van der Waals surface area contributed by atoms with Gasteiger partial charge in [0.25, 0.3) is 10.2 Å². The van der Waals surface area contributed by atoms with Crippen molar-refractivity contribution in [1.29, 1.82) is 0 Å². The predicted molar refractivity (Wildman–Crippen MR) is 60.0 cm³/mol. The molecule has 0 aromatic carbocycles. The SMILES string of the molecule is COCCNS(=O)(=O)N1CC(N)(C2CC2)C1. The first-order valence-corrected chi connectivity index (χ1v) is 6.94. The summed E-state index contributed by atoms with van der Waals surface area (Å²) in [5.41, 5.74) is 5.82. The van der Waals surface area contributed by atoms with Crippen LogP contribution in [0.3, 0.4) is 0 Å². The van der Waals surface area contributed by atoms with Gasteiger partial charge in [-0.1, -0.05) is 0 Å². The third-order valence-electron chi connectivity index (χ3n) is 3.26. The molecule has 1 aliphatic carbocycles. The molecule has 0 spiro atoms. The number of methoxy groups -OCH3 is 1. The Labute approximate surface area is 96.3 Å². The zero-order chi connectivity index (χ0) is 11.8. The van der Waals surface area contributed by atoms with E-state index in [-0.39, 0.29) is 5.54 Å². The molecule has 2 fully saturated rings. The van der Waals surface area contributed by atoms with Crippen LogP contribution >= 0.6 is 0 Å². The third-order valence-corrected chi connectivity index (χ3v) is 4.77. The molecule has 0 unspecified atom stereocenters. The fraction of sp³-hybridized carbons (Fsp3) is 1.00. The van der Waals surface area contributed by atoms with Crippen molar-refractivity contribution in [3.63, 3.8) is 0 Å². The van der Waals surface area contributed by atoms with Crippen molar-refractivity contribution in [3.8, 4) is 0 Å². The topological polar surface area (TPSA) is 84.7 Å². The Bertz CT molecular complexity index is 347. The second kappa shape index (κ2) is 4.23. The lowest BCUT2D eigenvalue weighted by Crippen LogP contribution is -2.71. The molecular weight excluding hydrogens is 230 g/mol. The second-order valence-electron chi connectivity index (χ2n) is 4.67. The summed E-state index contributed by atoms with van der Waals surface area (Å²) in [6.07, 6.45) is 2.28. The third kappa shape index (κ3) is 2.38. The van der Waals surface area contributed by atoms with E-state index in [1.165, 1.54) is 11.4 Å². The fourth-order valence-corrected chi connectivity index (χ4v) is 3.41. The monoisotopic (exact) mass is 249 g/mol. The molecule has 6 nitrogen and oxygen atoms in total. The number of rotatable bonds is 6. The zero-order valence-corrected chi connectivity index (χ0v) is 10.3. The summed E-state index contributed by atoms with van der Waals surface area (Å²) >= 11 is 0. The predicted octanol–water partition coefficient (Wildman–Crippen LogP) is -1.11. The van der Waals surface area contributed by atoms with Gasteiger partial charge in [0.1, 0.15) is 0 Å². The average molecular weight is 249 g/mol. The highest BCUT2D eigenvalue weighted by molar-refractivity contribution is 7.87. The Morgan fingerprint density at radius 1 is 1.50 bits per heavy atom. The quantitative estimate of drug-likeness (QED) is 0.585. The summed E-state index contributed by atoms with van der Waals surface area (Å²) in [6, 6.07) is 0. The normalized spacial score (nSPS) is 25.4. The van der Waals surface area contributed by atoms with E-state index in [9.17, 15) is 8.42 Å². The van der Waals surface area contributed by atoms with Crippen LogP contribution in [0.1, 0.15) is 12.8 Å². The van der Waals surface area contributed by atoms with Crippen molar-refractivity contribution in [2.75, 3.05) is 33.4 Å². The smallest absolute Gasteiger partial charge is 0.279 e. The molecule has 16 heavy (non-hydrogen) atoms. The molecule has 0 bridgehead atoms. The highest BCUT2D eigenvalue weighted by Gasteiger charge is 2.53. The van der Waals surface area contributed by atoms with Crippen LogP contribution < -0.4 is 10.5 Å². The minimum atomic E-state index is -3.35. The summed E-state index contributed by atoms with van der Waals surface area (Å²) in [5.74, 6) is 0.526. The van der Waals surface area contributed by atoms with E-state index >= 15 is 0 Å². The maximum Gasteiger partial charge on any atom is 0.279 e. The largest absolute Gasteiger partial charge is 0.383 e. The van der Waals surface area contributed by atoms with E-state index in [1.807, 2.05) is 0 Å². The summed E-state index contributed by atoms with van der Waals surface area (Å²) in [4.78, 5) is 0. The standard InChI is InChI=1S/C9H19N3O3S/c1-15-5-4-11-16(13,14)12-6-9(10,7-12)8-2-3-8/h8,11H,2-7,10H2,1H3. The van der Waals surface area contributed by atoms with Gasteiger partial charge in [-0.15, -0.1) is 0 Å². The lowest BCUT2D eigenvalue weighted by molar-refractivity contribution is 0.132. The molecule has 0 aromatic rings. The van der Waals surface area contributed by atoms with Gasteiger partial charge in [-0.05, 0) is 18.8 Å². The van der Waals surface area contributed by atoms with E-state index in [1.54, 1.807) is 0 Å². The molecule has 2 rings (SSSR count). The first kappa shape index (κ1) is 12.3. The molecule has 0 radical (unpaired) electrons. The first-order chi connectivity index (χ1) is 7.48. The van der Waals surface area contributed by atoms with Crippen LogP contribution in [0.4, 0.5) is 0 Å². The van der Waals surface area contributed by atoms with Gasteiger partial charge in [0.2, 0.25) is 0 Å². The minimum absolute atomic E-state index is 0.268. The average Bonchev–Trinajstić information content (AvgIpc) is 2.96. The number of nitrogens with one attached hydrogen (secondary N) is 1. The van der Waals surface area contributed by atoms with Gasteiger partial charge in [-0.3, -0.25) is 0 Å². The summed E-state index contributed by atoms with van der Waals surface area (Å²) in [7, 11) is -1.81. The van der Waals surface area contributed by atoms with Crippen LogP contribution in [0, 0.1) is 5.92 Å². The Hall–Kier alpha value is -0.210. The molecule has 1 heterocycles. The molecule has 1 aliphatic heterocycles. The molecule has 7 heteroatoms. The van der Waals surface area contributed by atoms with Crippen LogP contribution in [0.25, 0.3) is 0 Å². The van der Waals surface area contributed by atoms with Crippen LogP contribution in [-0.2, 0) is 14.9 Å². The molecule has 3 N–H and O–H groups in total. The molecule has 1 saturated heterocycles. The van der Waals surface area contributed by atoms with Crippen LogP contribution in [-0.4, -0.2) is 51.6 Å². The van der Waals surface area contributed by atoms with Gasteiger partial charge >= 0.3 is 0 Å². The highest BCUT2D eigenvalue weighted by atomic mass is 32.2. The summed E-state index contributed by atoms with van der Waals surface area (Å²) < 4.78 is 32.1. The number of hydrogen-bond acceptors (Lipinski definition) is 4. The maximum atomic E-state index is 11.7. The van der Waals surface area contributed by atoms with E-state index in [4.69, 9.17) is 10.5 Å². The Kier molecular flexibility index (Phi) is 3.24. The van der Waals surface area contributed by atoms with Crippen molar-refractivity contribution < 1.29 is 13.2 Å². The Morgan fingerprint density at radius 2 is 2.12 bits per heavy atom. The van der Waals surface area contributed by atoms with Crippen molar-refractivity contribution in [1.82, 2.24) is 9.03 Å². The number of nitrogens with two attached hydrogens (primary N) is 1. The number of hydrogen-bond donors (Lipinski definition) is 2. The Balaban J connectivity index is 1.81. The number of ether oxygens (including phenoxy) is 1. The van der Waals surface area contributed by atoms with Crippen molar-refractivity contribution in [2.45, 2.75) is 18.4 Å². The Morgan fingerprint density at radius 3 is 2.62 bits per heavy atom. The van der Waals surface area contributed by atoms with Gasteiger partial charge in [0, 0.05) is 32.3 Å². The second-order valence-corrected chi connectivity index (χ2v) is 6.42. The first-order valence-electron chi connectivity index (χ1n) is 5.50. The fourth-order valence-electron chi connectivity index (χ4n) is 2.06. The van der Waals surface area contributed by atoms with E-state index in [0.717, 1.165) is 12.8 Å². The lowest BCUT2D eigenvalue weighted by Gasteiger charge is -2.46. The van der Waals surface area contributed by atoms with Crippen LogP contribution in [0.2, 0.25) is 0 Å². The van der Waals surface area contributed by atoms with Crippen molar-refractivity contribution >= 4 is 10.2 Å². The van der Waals surface area contributed by atoms with Gasteiger partial charge in [0.15, 0.2) is 0 Å². The lowest BCUT2D eigenvalue weighted by atomic mass is 9.88. The minimum Gasteiger partial charge on any atom is -0.383 e. The van der Waals surface area contributed by atoms with Gasteiger partial charge in [-0.2, -0.15) is 17.4 Å². The van der Waals surface area contributed by atoms with Crippen LogP contribution in [0.15, 0.2) is 0 Å². The molecule has 94 valence electrons. The molecule has 1 saturated carbocycles. The van der Waals surface area contributed by atoms with Gasteiger partial charge < -0.3 is 10.5 Å². The molecular formula is C9H19N3O3S. The van der Waals surface area contributed by atoms with Gasteiger partial charge in [0.05, 0.1) is 6.61 Å². The molecule has 0 atom stereocenters.